The Balaban J connectivity index is 2.11. The van der Waals surface area contributed by atoms with Crippen LogP contribution in [0.2, 0.25) is 0 Å². The topological polar surface area (TPSA) is 55.2 Å². The second-order valence-electron chi connectivity index (χ2n) is 5.37. The molecule has 3 atom stereocenters. The molecule has 2 rings (SSSR count). The fourth-order valence-corrected chi connectivity index (χ4v) is 3.95. The molecule has 1 aromatic carbocycles. The second-order valence-corrected chi connectivity index (χ2v) is 6.45. The number of para-hydroxylation sites is 1. The molecule has 1 saturated carbocycles. The van der Waals surface area contributed by atoms with Crippen molar-refractivity contribution in [3.05, 3.63) is 39.9 Å². The summed E-state index contributed by atoms with van der Waals surface area (Å²) in [6.07, 6.45) is 7.10. The second kappa shape index (κ2) is 7.09. The minimum absolute atomic E-state index is 0.00866. The Morgan fingerprint density at radius 3 is 2.75 bits per heavy atom. The van der Waals surface area contributed by atoms with E-state index in [9.17, 15) is 10.1 Å². The van der Waals surface area contributed by atoms with Gasteiger partial charge in [0.15, 0.2) is 0 Å². The minimum atomic E-state index is -0.291. The molecular weight excluding hydrogens is 272 g/mol. The van der Waals surface area contributed by atoms with Crippen molar-refractivity contribution in [2.45, 2.75) is 49.9 Å². The van der Waals surface area contributed by atoms with Crippen molar-refractivity contribution in [2.24, 2.45) is 0 Å². The van der Waals surface area contributed by atoms with Crippen LogP contribution >= 0.6 is 11.8 Å². The predicted octanol–water partition coefficient (Wildman–Crippen LogP) is 3.92. The standard InChI is InChI=1S/C15H22N2O2S/c1-11(12-7-3-5-9-14(12)17(18)19)16-13-8-4-6-10-15(13)20-2/h3,5,7,9,11,13,15-16H,4,6,8,10H2,1-2H3. The van der Waals surface area contributed by atoms with Crippen molar-refractivity contribution < 1.29 is 4.92 Å². The molecule has 1 aromatic rings. The molecule has 3 unspecified atom stereocenters. The Hall–Kier alpha value is -1.07. The van der Waals surface area contributed by atoms with Crippen molar-refractivity contribution in [2.75, 3.05) is 6.26 Å². The van der Waals surface area contributed by atoms with E-state index in [0.717, 1.165) is 12.0 Å². The van der Waals surface area contributed by atoms with Gasteiger partial charge in [-0.25, -0.2) is 0 Å². The third-order valence-electron chi connectivity index (χ3n) is 4.07. The third kappa shape index (κ3) is 3.52. The molecule has 1 aliphatic rings. The molecule has 4 nitrogen and oxygen atoms in total. The lowest BCUT2D eigenvalue weighted by molar-refractivity contribution is -0.385. The Bertz CT molecular complexity index is 467. The Morgan fingerprint density at radius 1 is 1.35 bits per heavy atom. The highest BCUT2D eigenvalue weighted by molar-refractivity contribution is 7.99. The van der Waals surface area contributed by atoms with E-state index in [0.29, 0.717) is 11.3 Å². The highest BCUT2D eigenvalue weighted by atomic mass is 32.2. The molecule has 0 spiro atoms. The van der Waals surface area contributed by atoms with Crippen LogP contribution < -0.4 is 5.32 Å². The Morgan fingerprint density at radius 2 is 2.05 bits per heavy atom. The number of benzene rings is 1. The van der Waals surface area contributed by atoms with Gasteiger partial charge in [0.05, 0.1) is 4.92 Å². The summed E-state index contributed by atoms with van der Waals surface area (Å²) in [6, 6.07) is 7.49. The number of hydrogen-bond acceptors (Lipinski definition) is 4. The highest BCUT2D eigenvalue weighted by Gasteiger charge is 2.27. The van der Waals surface area contributed by atoms with Gasteiger partial charge in [-0.05, 0) is 26.0 Å². The molecule has 0 radical (unpaired) electrons. The maximum atomic E-state index is 11.1. The van der Waals surface area contributed by atoms with Crippen LogP contribution in [0.1, 0.15) is 44.2 Å². The van der Waals surface area contributed by atoms with Crippen LogP contribution in [-0.2, 0) is 0 Å². The molecule has 0 heterocycles. The summed E-state index contributed by atoms with van der Waals surface area (Å²) in [6.45, 7) is 2.02. The summed E-state index contributed by atoms with van der Waals surface area (Å²) in [7, 11) is 0. The third-order valence-corrected chi connectivity index (χ3v) is 5.24. The van der Waals surface area contributed by atoms with Gasteiger partial charge in [0.1, 0.15) is 0 Å². The first-order valence-corrected chi connectivity index (χ1v) is 8.44. The highest BCUT2D eigenvalue weighted by Crippen LogP contribution is 2.31. The van der Waals surface area contributed by atoms with Gasteiger partial charge in [-0.3, -0.25) is 10.1 Å². The number of hydrogen-bond donors (Lipinski definition) is 1. The predicted molar refractivity (Wildman–Crippen MR) is 84.2 cm³/mol. The molecule has 1 fully saturated rings. The first kappa shape index (κ1) is 15.3. The summed E-state index contributed by atoms with van der Waals surface area (Å²) in [5.74, 6) is 0. The minimum Gasteiger partial charge on any atom is -0.306 e. The van der Waals surface area contributed by atoms with Crippen LogP contribution in [0.3, 0.4) is 0 Å². The van der Waals surface area contributed by atoms with Crippen molar-refractivity contribution in [3.8, 4) is 0 Å². The lowest BCUT2D eigenvalue weighted by Crippen LogP contribution is -2.41. The monoisotopic (exact) mass is 294 g/mol. The van der Waals surface area contributed by atoms with Crippen molar-refractivity contribution in [1.82, 2.24) is 5.32 Å². The SMILES string of the molecule is CSC1CCCCC1NC(C)c1ccccc1[N+](=O)[O-]. The number of thioether (sulfide) groups is 1. The van der Waals surface area contributed by atoms with E-state index in [4.69, 9.17) is 0 Å². The number of rotatable bonds is 5. The zero-order valence-electron chi connectivity index (χ0n) is 12.0. The van der Waals surface area contributed by atoms with Gasteiger partial charge in [-0.2, -0.15) is 11.8 Å². The van der Waals surface area contributed by atoms with E-state index in [2.05, 4.69) is 11.6 Å². The van der Waals surface area contributed by atoms with Crippen molar-refractivity contribution >= 4 is 17.4 Å². The lowest BCUT2D eigenvalue weighted by Gasteiger charge is -2.33. The van der Waals surface area contributed by atoms with Gasteiger partial charge >= 0.3 is 0 Å². The Kier molecular flexibility index (Phi) is 5.43. The summed E-state index contributed by atoms with van der Waals surface area (Å²) in [5, 5.41) is 15.3. The molecule has 5 heteroatoms. The van der Waals surface area contributed by atoms with E-state index in [1.54, 1.807) is 12.1 Å². The summed E-state index contributed by atoms with van der Waals surface area (Å²) in [5.41, 5.74) is 0.993. The van der Waals surface area contributed by atoms with Crippen molar-refractivity contribution in [3.63, 3.8) is 0 Å². The quantitative estimate of drug-likeness (QED) is 0.660. The van der Waals surface area contributed by atoms with Crippen LogP contribution in [0.15, 0.2) is 24.3 Å². The summed E-state index contributed by atoms with van der Waals surface area (Å²) < 4.78 is 0. The van der Waals surface area contributed by atoms with Crippen LogP contribution in [0.5, 0.6) is 0 Å². The molecule has 0 aromatic heterocycles. The summed E-state index contributed by atoms with van der Waals surface area (Å²) in [4.78, 5) is 10.8. The van der Waals surface area contributed by atoms with Gasteiger partial charge in [0.2, 0.25) is 0 Å². The van der Waals surface area contributed by atoms with E-state index in [-0.39, 0.29) is 16.7 Å². The number of nitro groups is 1. The first-order valence-electron chi connectivity index (χ1n) is 7.15. The first-order chi connectivity index (χ1) is 9.63. The maximum absolute atomic E-state index is 11.1. The normalized spacial score (nSPS) is 24.3. The molecule has 0 saturated heterocycles. The molecule has 110 valence electrons. The zero-order valence-corrected chi connectivity index (χ0v) is 12.9. The largest absolute Gasteiger partial charge is 0.306 e. The molecule has 1 N–H and O–H groups in total. The molecule has 1 aliphatic carbocycles. The van der Waals surface area contributed by atoms with Crippen molar-refractivity contribution in [1.29, 1.82) is 0 Å². The van der Waals surface area contributed by atoms with Crippen LogP contribution in [0.4, 0.5) is 5.69 Å². The Labute approximate surface area is 124 Å². The fraction of sp³-hybridized carbons (Fsp3) is 0.600. The van der Waals surface area contributed by atoms with E-state index < -0.39 is 0 Å². The zero-order chi connectivity index (χ0) is 14.5. The van der Waals surface area contributed by atoms with Gasteiger partial charge in [-0.15, -0.1) is 0 Å². The average molecular weight is 294 g/mol. The summed E-state index contributed by atoms with van der Waals surface area (Å²) >= 11 is 1.91. The molecule has 0 aliphatic heterocycles. The van der Waals surface area contributed by atoms with E-state index >= 15 is 0 Å². The van der Waals surface area contributed by atoms with Gasteiger partial charge in [0.25, 0.3) is 5.69 Å². The maximum Gasteiger partial charge on any atom is 0.274 e. The van der Waals surface area contributed by atoms with Crippen LogP contribution in [-0.4, -0.2) is 22.5 Å². The molecule has 0 bridgehead atoms. The molecular formula is C15H22N2O2S. The number of nitrogens with one attached hydrogen (secondary N) is 1. The van der Waals surface area contributed by atoms with E-state index in [1.165, 1.54) is 19.3 Å². The molecule has 0 amide bonds. The number of nitrogens with zero attached hydrogens (tertiary/aromatic N) is 1. The average Bonchev–Trinajstić information content (AvgIpc) is 2.47. The van der Waals surface area contributed by atoms with Crippen LogP contribution in [0, 0.1) is 10.1 Å². The number of nitro benzene ring substituents is 1. The van der Waals surface area contributed by atoms with Gasteiger partial charge < -0.3 is 5.32 Å². The lowest BCUT2D eigenvalue weighted by atomic mass is 9.93. The van der Waals surface area contributed by atoms with Gasteiger partial charge in [0, 0.05) is 29.0 Å². The van der Waals surface area contributed by atoms with Crippen LogP contribution in [0.25, 0.3) is 0 Å². The van der Waals surface area contributed by atoms with Gasteiger partial charge in [-0.1, -0.05) is 31.0 Å². The smallest absolute Gasteiger partial charge is 0.274 e. The fourth-order valence-electron chi connectivity index (χ4n) is 3.00. The molecule has 20 heavy (non-hydrogen) atoms. The van der Waals surface area contributed by atoms with E-state index in [1.807, 2.05) is 30.8 Å².